The number of anilines is 1. The maximum Gasteiger partial charge on any atom is 0.357 e. The molecule has 1 saturated carbocycles. The Morgan fingerprint density at radius 2 is 2.31 bits per heavy atom. The molecule has 0 aromatic carbocycles. The van der Waals surface area contributed by atoms with E-state index < -0.39 is 0 Å². The van der Waals surface area contributed by atoms with Gasteiger partial charge >= 0.3 is 5.97 Å². The highest BCUT2D eigenvalue weighted by molar-refractivity contribution is 7.13. The Balaban J connectivity index is 2.04. The number of thiazole rings is 1. The molecule has 0 saturated heterocycles. The van der Waals surface area contributed by atoms with Gasteiger partial charge in [0, 0.05) is 10.9 Å². The minimum Gasteiger partial charge on any atom is -0.464 e. The minimum atomic E-state index is -0.381. The molecule has 2 rings (SSSR count). The van der Waals surface area contributed by atoms with E-state index in [1.165, 1.54) is 31.3 Å². The molecule has 1 aromatic rings. The first kappa shape index (κ1) is 11.4. The zero-order valence-electron chi connectivity index (χ0n) is 9.74. The zero-order valence-corrected chi connectivity index (χ0v) is 10.6. The molecule has 4 nitrogen and oxygen atoms in total. The van der Waals surface area contributed by atoms with Crippen molar-refractivity contribution in [1.29, 1.82) is 0 Å². The van der Waals surface area contributed by atoms with E-state index in [0.717, 1.165) is 11.0 Å². The van der Waals surface area contributed by atoms with Crippen LogP contribution in [0.25, 0.3) is 0 Å². The summed E-state index contributed by atoms with van der Waals surface area (Å²) in [7, 11) is 1.36. The lowest BCUT2D eigenvalue weighted by Gasteiger charge is -2.25. The molecule has 1 fully saturated rings. The predicted octanol–water partition coefficient (Wildman–Crippen LogP) is 2.53. The van der Waals surface area contributed by atoms with E-state index in [-0.39, 0.29) is 11.5 Å². The number of carbonyl (C=O) groups excluding carboxylic acids is 1. The summed E-state index contributed by atoms with van der Waals surface area (Å²) < 4.78 is 4.62. The van der Waals surface area contributed by atoms with E-state index in [1.54, 1.807) is 5.38 Å². The van der Waals surface area contributed by atoms with Crippen LogP contribution in [0.5, 0.6) is 0 Å². The Hall–Kier alpha value is -1.10. The van der Waals surface area contributed by atoms with E-state index in [9.17, 15) is 4.79 Å². The van der Waals surface area contributed by atoms with Gasteiger partial charge in [-0.3, -0.25) is 0 Å². The number of ether oxygens (including phenoxy) is 1. The number of hydrogen-bond acceptors (Lipinski definition) is 5. The Kier molecular flexibility index (Phi) is 2.88. The molecule has 0 unspecified atom stereocenters. The number of nitrogens with zero attached hydrogens (tertiary/aromatic N) is 1. The van der Waals surface area contributed by atoms with Crippen LogP contribution in [0.15, 0.2) is 5.38 Å². The van der Waals surface area contributed by atoms with Crippen molar-refractivity contribution in [1.82, 2.24) is 4.98 Å². The Labute approximate surface area is 99.0 Å². The molecule has 88 valence electrons. The summed E-state index contributed by atoms with van der Waals surface area (Å²) >= 11 is 1.44. The molecule has 5 heteroatoms. The van der Waals surface area contributed by atoms with Crippen molar-refractivity contribution >= 4 is 22.4 Å². The number of rotatable bonds is 4. The lowest BCUT2D eigenvalue weighted by molar-refractivity contribution is 0.0595. The predicted molar refractivity (Wildman–Crippen MR) is 63.9 cm³/mol. The second kappa shape index (κ2) is 4.05. The smallest absolute Gasteiger partial charge is 0.357 e. The molecule has 1 N–H and O–H groups in total. The standard InChI is InChI=1S/C11H16N2O2S/c1-11(2,7-4-5-7)13-10-12-8(6-16-10)9(14)15-3/h6-7H,4-5H2,1-3H3,(H,12,13). The fraction of sp³-hybridized carbons (Fsp3) is 0.636. The molecule has 1 heterocycles. The van der Waals surface area contributed by atoms with Crippen LogP contribution in [0.4, 0.5) is 5.13 Å². The summed E-state index contributed by atoms with van der Waals surface area (Å²) in [4.78, 5) is 15.4. The summed E-state index contributed by atoms with van der Waals surface area (Å²) in [5.74, 6) is 0.339. The SMILES string of the molecule is COC(=O)c1csc(NC(C)(C)C2CC2)n1. The number of methoxy groups -OCH3 is 1. The van der Waals surface area contributed by atoms with E-state index in [0.29, 0.717) is 5.69 Å². The average Bonchev–Trinajstić information content (AvgIpc) is 3.00. The van der Waals surface area contributed by atoms with Gasteiger partial charge in [-0.15, -0.1) is 11.3 Å². The van der Waals surface area contributed by atoms with Crippen LogP contribution < -0.4 is 5.32 Å². The fourth-order valence-electron chi connectivity index (χ4n) is 1.71. The van der Waals surface area contributed by atoms with E-state index in [4.69, 9.17) is 0 Å². The van der Waals surface area contributed by atoms with Crippen molar-refractivity contribution in [2.75, 3.05) is 12.4 Å². The van der Waals surface area contributed by atoms with Crippen molar-refractivity contribution in [3.63, 3.8) is 0 Å². The summed E-state index contributed by atoms with van der Waals surface area (Å²) in [5, 5.41) is 5.89. The number of nitrogens with one attached hydrogen (secondary N) is 1. The Morgan fingerprint density at radius 1 is 1.62 bits per heavy atom. The fourth-order valence-corrected chi connectivity index (χ4v) is 2.56. The van der Waals surface area contributed by atoms with E-state index in [1.807, 2.05) is 0 Å². The highest BCUT2D eigenvalue weighted by Gasteiger charge is 2.38. The number of aromatic nitrogens is 1. The normalized spacial score (nSPS) is 15.9. The van der Waals surface area contributed by atoms with Crippen LogP contribution in [0, 0.1) is 5.92 Å². The van der Waals surface area contributed by atoms with Gasteiger partial charge in [-0.05, 0) is 32.6 Å². The lowest BCUT2D eigenvalue weighted by atomic mass is 9.99. The molecule has 0 amide bonds. The molecule has 0 aliphatic heterocycles. The monoisotopic (exact) mass is 240 g/mol. The first-order valence-corrected chi connectivity index (χ1v) is 6.23. The third-order valence-electron chi connectivity index (χ3n) is 2.93. The molecular weight excluding hydrogens is 224 g/mol. The molecule has 0 spiro atoms. The van der Waals surface area contributed by atoms with Gasteiger partial charge in [0.1, 0.15) is 0 Å². The van der Waals surface area contributed by atoms with Crippen LogP contribution >= 0.6 is 11.3 Å². The average molecular weight is 240 g/mol. The number of esters is 1. The highest BCUT2D eigenvalue weighted by Crippen LogP contribution is 2.41. The lowest BCUT2D eigenvalue weighted by Crippen LogP contribution is -2.33. The van der Waals surface area contributed by atoms with Gasteiger partial charge in [-0.25, -0.2) is 9.78 Å². The molecule has 1 aromatic heterocycles. The van der Waals surface area contributed by atoms with Crippen molar-refractivity contribution in [2.24, 2.45) is 5.92 Å². The molecule has 16 heavy (non-hydrogen) atoms. The molecule has 1 aliphatic carbocycles. The maximum atomic E-state index is 11.2. The molecular formula is C11H16N2O2S. The third kappa shape index (κ3) is 2.35. The molecule has 0 bridgehead atoms. The van der Waals surface area contributed by atoms with E-state index in [2.05, 4.69) is 28.9 Å². The van der Waals surface area contributed by atoms with Gasteiger partial charge in [0.15, 0.2) is 10.8 Å². The minimum absolute atomic E-state index is 0.0608. The zero-order chi connectivity index (χ0) is 11.8. The quantitative estimate of drug-likeness (QED) is 0.822. The summed E-state index contributed by atoms with van der Waals surface area (Å²) in [6.07, 6.45) is 2.55. The van der Waals surface area contributed by atoms with Gasteiger partial charge in [0.25, 0.3) is 0 Å². The largest absolute Gasteiger partial charge is 0.464 e. The van der Waals surface area contributed by atoms with Crippen LogP contribution in [-0.2, 0) is 4.74 Å². The first-order chi connectivity index (χ1) is 7.53. The topological polar surface area (TPSA) is 51.2 Å². The summed E-state index contributed by atoms with van der Waals surface area (Å²) in [6, 6.07) is 0. The van der Waals surface area contributed by atoms with Crippen LogP contribution in [0.2, 0.25) is 0 Å². The van der Waals surface area contributed by atoms with Crippen LogP contribution in [-0.4, -0.2) is 23.6 Å². The second-order valence-corrected chi connectivity index (χ2v) is 5.51. The summed E-state index contributed by atoms with van der Waals surface area (Å²) in [6.45, 7) is 4.34. The van der Waals surface area contributed by atoms with Gasteiger partial charge in [-0.1, -0.05) is 0 Å². The van der Waals surface area contributed by atoms with Gasteiger partial charge in [-0.2, -0.15) is 0 Å². The highest BCUT2D eigenvalue weighted by atomic mass is 32.1. The number of carbonyl (C=O) groups is 1. The van der Waals surface area contributed by atoms with Gasteiger partial charge in [0.05, 0.1) is 7.11 Å². The van der Waals surface area contributed by atoms with Crippen molar-refractivity contribution in [3.8, 4) is 0 Å². The van der Waals surface area contributed by atoms with Gasteiger partial charge < -0.3 is 10.1 Å². The maximum absolute atomic E-state index is 11.2. The first-order valence-electron chi connectivity index (χ1n) is 5.35. The van der Waals surface area contributed by atoms with Crippen molar-refractivity contribution < 1.29 is 9.53 Å². The molecule has 0 atom stereocenters. The van der Waals surface area contributed by atoms with Gasteiger partial charge in [0.2, 0.25) is 0 Å². The van der Waals surface area contributed by atoms with Crippen molar-refractivity contribution in [2.45, 2.75) is 32.2 Å². The Bertz CT molecular complexity index is 396. The molecule has 1 aliphatic rings. The summed E-state index contributed by atoms with van der Waals surface area (Å²) in [5.41, 5.74) is 0.437. The Morgan fingerprint density at radius 3 is 2.88 bits per heavy atom. The van der Waals surface area contributed by atoms with Crippen molar-refractivity contribution in [3.05, 3.63) is 11.1 Å². The number of hydrogen-bond donors (Lipinski definition) is 1. The third-order valence-corrected chi connectivity index (χ3v) is 3.68. The molecule has 0 radical (unpaired) electrons. The van der Waals surface area contributed by atoms with Crippen LogP contribution in [0.1, 0.15) is 37.2 Å². The second-order valence-electron chi connectivity index (χ2n) is 4.65. The van der Waals surface area contributed by atoms with Crippen LogP contribution in [0.3, 0.4) is 0 Å². The van der Waals surface area contributed by atoms with E-state index >= 15 is 0 Å².